The van der Waals surface area contributed by atoms with Crippen LogP contribution in [0.3, 0.4) is 0 Å². The van der Waals surface area contributed by atoms with Crippen molar-refractivity contribution in [3.05, 3.63) is 52.6 Å². The molecule has 0 unspecified atom stereocenters. The zero-order valence-corrected chi connectivity index (χ0v) is 9.80. The van der Waals surface area contributed by atoms with Gasteiger partial charge in [-0.1, -0.05) is 35.9 Å². The fraction of sp³-hybridized carbons (Fsp3) is 0.333. The number of rotatable bonds is 1. The standard InChI is InChI=1S/C15H18/c1-11-8-9-13(3)15(10-11)14-7-5-4-6-12(14)2/h6-10H,4-5H2,1-3H3. The summed E-state index contributed by atoms with van der Waals surface area (Å²) in [7, 11) is 0. The minimum absolute atomic E-state index is 1.18. The molecular formula is C15H18. The molecule has 1 aliphatic carbocycles. The molecule has 0 bridgehead atoms. The highest BCUT2D eigenvalue weighted by molar-refractivity contribution is 5.81. The summed E-state index contributed by atoms with van der Waals surface area (Å²) in [4.78, 5) is 0. The molecule has 0 heterocycles. The number of hydrogen-bond donors (Lipinski definition) is 0. The van der Waals surface area contributed by atoms with Crippen LogP contribution < -0.4 is 0 Å². The van der Waals surface area contributed by atoms with E-state index >= 15 is 0 Å². The van der Waals surface area contributed by atoms with Crippen molar-refractivity contribution in [2.45, 2.75) is 33.6 Å². The van der Waals surface area contributed by atoms with E-state index in [1.54, 1.807) is 0 Å². The highest BCUT2D eigenvalue weighted by Crippen LogP contribution is 2.30. The van der Waals surface area contributed by atoms with Gasteiger partial charge in [-0.05, 0) is 55.9 Å². The van der Waals surface area contributed by atoms with Crippen LogP contribution in [-0.2, 0) is 0 Å². The summed E-state index contributed by atoms with van der Waals surface area (Å²) in [5.74, 6) is 0. The molecule has 0 spiro atoms. The van der Waals surface area contributed by atoms with E-state index in [4.69, 9.17) is 0 Å². The van der Waals surface area contributed by atoms with Crippen molar-refractivity contribution in [2.75, 3.05) is 0 Å². The molecule has 15 heavy (non-hydrogen) atoms. The van der Waals surface area contributed by atoms with E-state index in [1.807, 2.05) is 0 Å². The van der Waals surface area contributed by atoms with Crippen molar-refractivity contribution in [3.8, 4) is 0 Å². The van der Waals surface area contributed by atoms with Crippen molar-refractivity contribution in [1.82, 2.24) is 0 Å². The van der Waals surface area contributed by atoms with Crippen molar-refractivity contribution in [3.63, 3.8) is 0 Å². The first-order chi connectivity index (χ1) is 7.18. The van der Waals surface area contributed by atoms with Crippen LogP contribution >= 0.6 is 0 Å². The largest absolute Gasteiger partial charge is 0.0807 e. The van der Waals surface area contributed by atoms with Crippen LogP contribution in [0, 0.1) is 13.8 Å². The van der Waals surface area contributed by atoms with E-state index in [0.29, 0.717) is 0 Å². The summed E-state index contributed by atoms with van der Waals surface area (Å²) in [6.07, 6.45) is 7.09. The first-order valence-electron chi connectivity index (χ1n) is 5.63. The topological polar surface area (TPSA) is 0 Å². The third-order valence-corrected chi connectivity index (χ3v) is 3.07. The van der Waals surface area contributed by atoms with Crippen molar-refractivity contribution in [2.24, 2.45) is 0 Å². The SMILES string of the molecule is CC1=CCCC=C1c1cc(C)ccc1C. The van der Waals surface area contributed by atoms with Crippen LogP contribution in [0.25, 0.3) is 5.57 Å². The predicted octanol–water partition coefficient (Wildman–Crippen LogP) is 4.43. The average molecular weight is 198 g/mol. The molecule has 0 saturated carbocycles. The van der Waals surface area contributed by atoms with Crippen molar-refractivity contribution >= 4 is 5.57 Å². The van der Waals surface area contributed by atoms with E-state index in [9.17, 15) is 0 Å². The molecule has 0 heteroatoms. The minimum Gasteiger partial charge on any atom is -0.0807 e. The molecule has 0 N–H and O–H groups in total. The maximum Gasteiger partial charge on any atom is -0.0153 e. The molecule has 2 rings (SSSR count). The highest BCUT2D eigenvalue weighted by Gasteiger charge is 2.09. The summed E-state index contributed by atoms with van der Waals surface area (Å²) in [5, 5.41) is 0. The van der Waals surface area contributed by atoms with E-state index in [2.05, 4.69) is 51.1 Å². The van der Waals surface area contributed by atoms with Gasteiger partial charge in [0, 0.05) is 0 Å². The van der Waals surface area contributed by atoms with Crippen molar-refractivity contribution in [1.29, 1.82) is 0 Å². The molecule has 1 aliphatic rings. The molecule has 0 fully saturated rings. The zero-order valence-electron chi connectivity index (χ0n) is 9.80. The van der Waals surface area contributed by atoms with Gasteiger partial charge >= 0.3 is 0 Å². The van der Waals surface area contributed by atoms with Gasteiger partial charge in [0.1, 0.15) is 0 Å². The van der Waals surface area contributed by atoms with Gasteiger partial charge in [0.15, 0.2) is 0 Å². The molecule has 0 atom stereocenters. The molecule has 0 radical (unpaired) electrons. The van der Waals surface area contributed by atoms with Crippen molar-refractivity contribution < 1.29 is 0 Å². The molecule has 0 amide bonds. The quantitative estimate of drug-likeness (QED) is 0.626. The molecule has 0 aliphatic heterocycles. The van der Waals surface area contributed by atoms with Crippen LogP contribution in [0.2, 0.25) is 0 Å². The van der Waals surface area contributed by atoms with Crippen LogP contribution in [0.4, 0.5) is 0 Å². The smallest absolute Gasteiger partial charge is 0.0153 e. The third-order valence-electron chi connectivity index (χ3n) is 3.07. The Kier molecular flexibility index (Phi) is 2.77. The molecular weight excluding hydrogens is 180 g/mol. The summed E-state index contributed by atoms with van der Waals surface area (Å²) in [6.45, 7) is 6.57. The summed E-state index contributed by atoms with van der Waals surface area (Å²) in [6, 6.07) is 6.69. The first kappa shape index (κ1) is 10.2. The molecule has 0 nitrogen and oxygen atoms in total. The van der Waals surface area contributed by atoms with Gasteiger partial charge in [-0.15, -0.1) is 0 Å². The van der Waals surface area contributed by atoms with E-state index < -0.39 is 0 Å². The normalized spacial score (nSPS) is 15.9. The fourth-order valence-corrected chi connectivity index (χ4v) is 2.15. The fourth-order valence-electron chi connectivity index (χ4n) is 2.15. The lowest BCUT2D eigenvalue weighted by molar-refractivity contribution is 1.02. The lowest BCUT2D eigenvalue weighted by Crippen LogP contribution is -1.95. The van der Waals surface area contributed by atoms with E-state index in [1.165, 1.54) is 40.7 Å². The van der Waals surface area contributed by atoms with Gasteiger partial charge in [0.05, 0.1) is 0 Å². The Labute approximate surface area is 92.3 Å². The van der Waals surface area contributed by atoms with Gasteiger partial charge in [-0.3, -0.25) is 0 Å². The Morgan fingerprint density at radius 3 is 2.40 bits per heavy atom. The second kappa shape index (κ2) is 4.06. The summed E-state index contributed by atoms with van der Waals surface area (Å²) < 4.78 is 0. The zero-order chi connectivity index (χ0) is 10.8. The number of hydrogen-bond acceptors (Lipinski definition) is 0. The Morgan fingerprint density at radius 1 is 0.933 bits per heavy atom. The maximum atomic E-state index is 2.37. The molecule has 1 aromatic carbocycles. The van der Waals surface area contributed by atoms with Gasteiger partial charge in [-0.2, -0.15) is 0 Å². The van der Waals surface area contributed by atoms with E-state index in [-0.39, 0.29) is 0 Å². The molecule has 1 aromatic rings. The average Bonchev–Trinajstić information content (AvgIpc) is 2.23. The van der Waals surface area contributed by atoms with Gasteiger partial charge < -0.3 is 0 Å². The Balaban J connectivity index is 2.49. The van der Waals surface area contributed by atoms with Crippen LogP contribution in [0.5, 0.6) is 0 Å². The maximum absolute atomic E-state index is 2.37. The lowest BCUT2D eigenvalue weighted by Gasteiger charge is -2.15. The van der Waals surface area contributed by atoms with Crippen LogP contribution in [-0.4, -0.2) is 0 Å². The lowest BCUT2D eigenvalue weighted by atomic mass is 9.89. The second-order valence-electron chi connectivity index (χ2n) is 4.40. The summed E-state index contributed by atoms with van der Waals surface area (Å²) >= 11 is 0. The Morgan fingerprint density at radius 2 is 1.67 bits per heavy atom. The predicted molar refractivity (Wildman–Crippen MR) is 66.9 cm³/mol. The highest BCUT2D eigenvalue weighted by atomic mass is 14.1. The molecule has 78 valence electrons. The minimum atomic E-state index is 1.18. The van der Waals surface area contributed by atoms with Gasteiger partial charge in [-0.25, -0.2) is 0 Å². The number of allylic oxidation sites excluding steroid dienone is 4. The van der Waals surface area contributed by atoms with Crippen LogP contribution in [0.15, 0.2) is 35.9 Å². The Hall–Kier alpha value is -1.30. The monoisotopic (exact) mass is 198 g/mol. The van der Waals surface area contributed by atoms with Gasteiger partial charge in [0.25, 0.3) is 0 Å². The number of benzene rings is 1. The summed E-state index contributed by atoms with van der Waals surface area (Å²) in [5.41, 5.74) is 6.98. The Bertz CT molecular complexity index is 433. The molecule has 0 aromatic heterocycles. The second-order valence-corrected chi connectivity index (χ2v) is 4.40. The number of aryl methyl sites for hydroxylation is 2. The third kappa shape index (κ3) is 2.04. The first-order valence-corrected chi connectivity index (χ1v) is 5.63. The van der Waals surface area contributed by atoms with Gasteiger partial charge in [0.2, 0.25) is 0 Å². The van der Waals surface area contributed by atoms with Crippen LogP contribution in [0.1, 0.15) is 36.5 Å². The van der Waals surface area contributed by atoms with E-state index in [0.717, 1.165) is 0 Å². The molecule has 0 saturated heterocycles.